The molecule has 0 bridgehead atoms. The molecule has 1 aromatic heterocycles. The third-order valence-corrected chi connectivity index (χ3v) is 7.80. The van der Waals surface area contributed by atoms with E-state index in [1.807, 2.05) is 94.4 Å². The van der Waals surface area contributed by atoms with Crippen LogP contribution in [0.4, 0.5) is 11.6 Å². The number of halogens is 1. The topological polar surface area (TPSA) is 99.5 Å². The van der Waals surface area contributed by atoms with Crippen molar-refractivity contribution in [1.29, 1.82) is 0 Å². The van der Waals surface area contributed by atoms with Gasteiger partial charge in [0.25, 0.3) is 5.91 Å². The van der Waals surface area contributed by atoms with Crippen LogP contribution in [-0.4, -0.2) is 39.6 Å². The van der Waals surface area contributed by atoms with Crippen molar-refractivity contribution in [3.05, 3.63) is 94.1 Å². The number of anilines is 2. The molecule has 1 unspecified atom stereocenters. The Labute approximate surface area is 260 Å². The Balaban J connectivity index is 1.54. The number of fused-ring (bicyclic) bond motifs is 1. The fraction of sp³-hybridized carbons (Fsp3) is 0.281. The first kappa shape index (κ1) is 30.3. The number of aromatic nitrogens is 3. The predicted molar refractivity (Wildman–Crippen MR) is 171 cm³/mol. The van der Waals surface area contributed by atoms with E-state index in [2.05, 4.69) is 15.6 Å². The third-order valence-electron chi connectivity index (χ3n) is 6.71. The Bertz CT molecular complexity index is 1640. The molecule has 5 rings (SSSR count). The number of amides is 1. The van der Waals surface area contributed by atoms with Crippen LogP contribution >= 0.6 is 23.4 Å². The van der Waals surface area contributed by atoms with Gasteiger partial charge >= 0.3 is 0 Å². The summed E-state index contributed by atoms with van der Waals surface area (Å²) < 4.78 is 19.7. The summed E-state index contributed by atoms with van der Waals surface area (Å²) in [6.45, 7) is 8.92. The first-order valence-corrected chi connectivity index (χ1v) is 15.5. The highest BCUT2D eigenvalue weighted by atomic mass is 35.5. The molecule has 0 aliphatic carbocycles. The largest absolute Gasteiger partial charge is 0.492 e. The molecular formula is C32H34ClN5O4S. The molecule has 3 aromatic carbocycles. The zero-order valence-corrected chi connectivity index (χ0v) is 26.1. The number of rotatable bonds is 12. The predicted octanol–water partition coefficient (Wildman–Crippen LogP) is 7.35. The van der Waals surface area contributed by atoms with E-state index in [4.69, 9.17) is 30.9 Å². The van der Waals surface area contributed by atoms with Crippen molar-refractivity contribution in [3.8, 4) is 17.2 Å². The SMILES string of the molecule is CCOc1ccccc1NC(=O)C1=C(C)Nc2nc(SCC)nn2C1c1ccc(OCc2ccccc2Cl)c(OCC)c1. The molecule has 43 heavy (non-hydrogen) atoms. The second-order valence-electron chi connectivity index (χ2n) is 9.56. The Morgan fingerprint density at radius 2 is 1.72 bits per heavy atom. The molecule has 0 spiro atoms. The van der Waals surface area contributed by atoms with Crippen LogP contribution in [0, 0.1) is 0 Å². The lowest BCUT2D eigenvalue weighted by atomic mass is 9.94. The number of allylic oxidation sites excluding steroid dienone is 1. The van der Waals surface area contributed by atoms with Gasteiger partial charge in [0, 0.05) is 16.3 Å². The normalized spacial score (nSPS) is 14.1. The second kappa shape index (κ2) is 13.9. The first-order chi connectivity index (χ1) is 20.9. The summed E-state index contributed by atoms with van der Waals surface area (Å²) in [4.78, 5) is 18.7. The van der Waals surface area contributed by atoms with E-state index in [0.29, 0.717) is 63.5 Å². The van der Waals surface area contributed by atoms with E-state index in [-0.39, 0.29) is 12.5 Å². The summed E-state index contributed by atoms with van der Waals surface area (Å²) in [5, 5.41) is 12.4. The van der Waals surface area contributed by atoms with Crippen LogP contribution < -0.4 is 24.8 Å². The molecular weight excluding hydrogens is 586 g/mol. The van der Waals surface area contributed by atoms with Crippen LogP contribution in [0.25, 0.3) is 0 Å². The lowest BCUT2D eigenvalue weighted by Crippen LogP contribution is -2.31. The van der Waals surface area contributed by atoms with Crippen LogP contribution in [0.5, 0.6) is 17.2 Å². The van der Waals surface area contributed by atoms with Gasteiger partial charge in [-0.25, -0.2) is 4.68 Å². The molecule has 1 aliphatic rings. The molecule has 2 heterocycles. The number of thioether (sulfide) groups is 1. The summed E-state index contributed by atoms with van der Waals surface area (Å²) in [5.41, 5.74) is 3.40. The number of carbonyl (C=O) groups excluding carboxylic acids is 1. The minimum absolute atomic E-state index is 0.281. The molecule has 1 atom stereocenters. The van der Waals surface area contributed by atoms with Gasteiger partial charge in [0.2, 0.25) is 11.1 Å². The van der Waals surface area contributed by atoms with Crippen molar-refractivity contribution in [2.24, 2.45) is 0 Å². The zero-order chi connectivity index (χ0) is 30.3. The first-order valence-electron chi connectivity index (χ1n) is 14.2. The number of benzene rings is 3. The third kappa shape index (κ3) is 6.76. The Hall–Kier alpha value is -4.15. The molecule has 1 amide bonds. The lowest BCUT2D eigenvalue weighted by Gasteiger charge is -2.29. The van der Waals surface area contributed by atoms with E-state index < -0.39 is 6.04 Å². The van der Waals surface area contributed by atoms with Crippen LogP contribution in [0.15, 0.2) is 83.2 Å². The number of hydrogen-bond acceptors (Lipinski definition) is 8. The molecule has 0 fully saturated rings. The smallest absolute Gasteiger partial charge is 0.255 e. The lowest BCUT2D eigenvalue weighted by molar-refractivity contribution is -0.113. The fourth-order valence-corrected chi connectivity index (χ4v) is 5.56. The average Bonchev–Trinajstić information content (AvgIpc) is 3.39. The van der Waals surface area contributed by atoms with Gasteiger partial charge in [0.1, 0.15) is 18.4 Å². The van der Waals surface area contributed by atoms with E-state index in [1.54, 1.807) is 4.68 Å². The van der Waals surface area contributed by atoms with E-state index >= 15 is 0 Å². The second-order valence-corrected chi connectivity index (χ2v) is 11.2. The van der Waals surface area contributed by atoms with E-state index in [1.165, 1.54) is 11.8 Å². The maximum Gasteiger partial charge on any atom is 0.255 e. The number of nitrogens with zero attached hydrogens (tertiary/aromatic N) is 3. The molecule has 4 aromatic rings. The highest BCUT2D eigenvalue weighted by molar-refractivity contribution is 7.99. The van der Waals surface area contributed by atoms with Crippen molar-refractivity contribution in [2.45, 2.75) is 45.5 Å². The minimum Gasteiger partial charge on any atom is -0.492 e. The van der Waals surface area contributed by atoms with Crippen molar-refractivity contribution >= 4 is 40.9 Å². The number of nitrogens with one attached hydrogen (secondary N) is 2. The van der Waals surface area contributed by atoms with Gasteiger partial charge in [-0.3, -0.25) is 4.79 Å². The number of hydrogen-bond donors (Lipinski definition) is 2. The van der Waals surface area contributed by atoms with Crippen LogP contribution in [0.2, 0.25) is 5.02 Å². The summed E-state index contributed by atoms with van der Waals surface area (Å²) in [6, 6.07) is 20.0. The van der Waals surface area contributed by atoms with Gasteiger partial charge in [0.05, 0.1) is 24.5 Å². The van der Waals surface area contributed by atoms with Gasteiger partial charge in [-0.15, -0.1) is 5.10 Å². The summed E-state index contributed by atoms with van der Waals surface area (Å²) in [5.74, 6) is 2.80. The van der Waals surface area contributed by atoms with Crippen molar-refractivity contribution in [1.82, 2.24) is 14.8 Å². The minimum atomic E-state index is -0.592. The Kier molecular flexibility index (Phi) is 9.79. The molecule has 0 saturated heterocycles. The monoisotopic (exact) mass is 619 g/mol. The van der Waals surface area contributed by atoms with Crippen molar-refractivity contribution < 1.29 is 19.0 Å². The van der Waals surface area contributed by atoms with Crippen molar-refractivity contribution in [2.75, 3.05) is 29.6 Å². The standard InChI is InChI=1S/C32H34ClN5O4S/c1-5-40-25-15-11-10-14-24(25)35-30(39)28-20(4)34-31-36-32(43-7-3)37-38(31)29(28)21-16-17-26(27(18-21)41-6-2)42-19-22-12-8-9-13-23(22)33/h8-18,29H,5-7,19H2,1-4H3,(H,35,39)(H,34,36,37). The van der Waals surface area contributed by atoms with Crippen molar-refractivity contribution in [3.63, 3.8) is 0 Å². The molecule has 0 saturated carbocycles. The molecule has 9 nitrogen and oxygen atoms in total. The Morgan fingerprint density at radius 1 is 0.977 bits per heavy atom. The van der Waals surface area contributed by atoms with Crippen LogP contribution in [0.3, 0.4) is 0 Å². The number of carbonyl (C=O) groups is 1. The highest BCUT2D eigenvalue weighted by Gasteiger charge is 2.35. The molecule has 11 heteroatoms. The van der Waals surface area contributed by atoms with Gasteiger partial charge in [0.15, 0.2) is 11.5 Å². The zero-order valence-electron chi connectivity index (χ0n) is 24.5. The number of para-hydroxylation sites is 2. The van der Waals surface area contributed by atoms with Crippen LogP contribution in [-0.2, 0) is 11.4 Å². The summed E-state index contributed by atoms with van der Waals surface area (Å²) >= 11 is 7.88. The van der Waals surface area contributed by atoms with Gasteiger partial charge in [-0.05, 0) is 62.4 Å². The van der Waals surface area contributed by atoms with E-state index in [9.17, 15) is 4.79 Å². The van der Waals surface area contributed by atoms with Gasteiger partial charge < -0.3 is 24.8 Å². The van der Waals surface area contributed by atoms with Crippen LogP contribution in [0.1, 0.15) is 44.9 Å². The molecule has 224 valence electrons. The maximum absolute atomic E-state index is 14.0. The average molecular weight is 620 g/mol. The quantitative estimate of drug-likeness (QED) is 0.159. The summed E-state index contributed by atoms with van der Waals surface area (Å²) in [6.07, 6.45) is 0. The molecule has 2 N–H and O–H groups in total. The van der Waals surface area contributed by atoms with Gasteiger partial charge in [-0.1, -0.05) is 66.7 Å². The highest BCUT2D eigenvalue weighted by Crippen LogP contribution is 2.40. The van der Waals surface area contributed by atoms with E-state index in [0.717, 1.165) is 16.9 Å². The maximum atomic E-state index is 14.0. The fourth-order valence-electron chi connectivity index (χ4n) is 4.82. The number of ether oxygens (including phenoxy) is 3. The summed E-state index contributed by atoms with van der Waals surface area (Å²) in [7, 11) is 0. The van der Waals surface area contributed by atoms with Gasteiger partial charge in [-0.2, -0.15) is 4.98 Å². The Morgan fingerprint density at radius 3 is 2.49 bits per heavy atom. The molecule has 1 aliphatic heterocycles. The molecule has 0 radical (unpaired) electrons.